The molecular formula is C19H32Cl2N4O2. The number of nitrogens with two attached hydrogens (primary N) is 1. The van der Waals surface area contributed by atoms with Gasteiger partial charge >= 0.3 is 0 Å². The fourth-order valence-corrected chi connectivity index (χ4v) is 3.09. The molecule has 2 amide bonds. The Labute approximate surface area is 174 Å². The third-order valence-corrected chi connectivity index (χ3v) is 4.54. The summed E-state index contributed by atoms with van der Waals surface area (Å²) in [7, 11) is 3.97. The van der Waals surface area contributed by atoms with E-state index in [1.165, 1.54) is 0 Å². The minimum atomic E-state index is -0.240. The first kappa shape index (κ1) is 25.7. The van der Waals surface area contributed by atoms with Crippen LogP contribution in [0, 0.1) is 5.92 Å². The minimum Gasteiger partial charge on any atom is -0.341 e. The molecule has 154 valence electrons. The van der Waals surface area contributed by atoms with Crippen LogP contribution in [0.2, 0.25) is 0 Å². The zero-order chi connectivity index (χ0) is 18.2. The SMILES string of the molecule is CN(C)CCN1CC(C(=O)N(CCCN)Cc2ccccc2)CC1=O.Cl.Cl. The quantitative estimate of drug-likeness (QED) is 0.661. The monoisotopic (exact) mass is 418 g/mol. The van der Waals surface area contributed by atoms with E-state index in [9.17, 15) is 9.59 Å². The van der Waals surface area contributed by atoms with E-state index in [0.717, 1.165) is 18.5 Å². The molecule has 1 heterocycles. The van der Waals surface area contributed by atoms with Crippen LogP contribution in [-0.4, -0.2) is 73.3 Å². The molecule has 0 aromatic heterocycles. The lowest BCUT2D eigenvalue weighted by molar-refractivity contribution is -0.136. The highest BCUT2D eigenvalue weighted by atomic mass is 35.5. The largest absolute Gasteiger partial charge is 0.341 e. The molecule has 1 atom stereocenters. The predicted molar refractivity (Wildman–Crippen MR) is 113 cm³/mol. The molecule has 8 heteroatoms. The van der Waals surface area contributed by atoms with Crippen molar-refractivity contribution < 1.29 is 9.59 Å². The summed E-state index contributed by atoms with van der Waals surface area (Å²) in [5, 5.41) is 0. The maximum Gasteiger partial charge on any atom is 0.228 e. The molecule has 27 heavy (non-hydrogen) atoms. The fraction of sp³-hybridized carbons (Fsp3) is 0.579. The van der Waals surface area contributed by atoms with Gasteiger partial charge in [-0.3, -0.25) is 9.59 Å². The van der Waals surface area contributed by atoms with E-state index in [1.807, 2.05) is 59.1 Å². The van der Waals surface area contributed by atoms with Crippen LogP contribution in [0.15, 0.2) is 30.3 Å². The Morgan fingerprint density at radius 2 is 1.85 bits per heavy atom. The average Bonchev–Trinajstić information content (AvgIpc) is 2.98. The Morgan fingerprint density at radius 3 is 2.44 bits per heavy atom. The van der Waals surface area contributed by atoms with Gasteiger partial charge in [0.05, 0.1) is 5.92 Å². The van der Waals surface area contributed by atoms with Crippen LogP contribution in [0.4, 0.5) is 0 Å². The summed E-state index contributed by atoms with van der Waals surface area (Å²) in [6, 6.07) is 9.96. The number of hydrogen-bond acceptors (Lipinski definition) is 4. The molecular weight excluding hydrogens is 387 g/mol. The number of benzene rings is 1. The van der Waals surface area contributed by atoms with Gasteiger partial charge in [0.2, 0.25) is 11.8 Å². The second-order valence-electron chi connectivity index (χ2n) is 6.93. The van der Waals surface area contributed by atoms with Gasteiger partial charge in [0.1, 0.15) is 0 Å². The van der Waals surface area contributed by atoms with E-state index < -0.39 is 0 Å². The lowest BCUT2D eigenvalue weighted by Gasteiger charge is -2.26. The summed E-state index contributed by atoms with van der Waals surface area (Å²) >= 11 is 0. The fourth-order valence-electron chi connectivity index (χ4n) is 3.09. The van der Waals surface area contributed by atoms with Gasteiger partial charge in [0, 0.05) is 39.1 Å². The number of hydrogen-bond donors (Lipinski definition) is 1. The van der Waals surface area contributed by atoms with Gasteiger partial charge in [-0.2, -0.15) is 0 Å². The molecule has 2 rings (SSSR count). The Balaban J connectivity index is 0.00000338. The van der Waals surface area contributed by atoms with Crippen LogP contribution >= 0.6 is 24.8 Å². The minimum absolute atomic E-state index is 0. The lowest BCUT2D eigenvalue weighted by Crippen LogP contribution is -2.39. The van der Waals surface area contributed by atoms with E-state index in [0.29, 0.717) is 39.1 Å². The highest BCUT2D eigenvalue weighted by Crippen LogP contribution is 2.21. The standard InChI is InChI=1S/C19H30N4O2.2ClH/c1-21(2)11-12-22-15-17(13-18(22)24)19(25)23(10-6-9-20)14-16-7-4-3-5-8-16;;/h3-5,7-8,17H,6,9-15,20H2,1-2H3;2*1H. The van der Waals surface area contributed by atoms with Crippen molar-refractivity contribution in [1.29, 1.82) is 0 Å². The van der Waals surface area contributed by atoms with Crippen LogP contribution < -0.4 is 5.73 Å². The molecule has 0 bridgehead atoms. The van der Waals surface area contributed by atoms with Crippen molar-refractivity contribution in [1.82, 2.24) is 14.7 Å². The van der Waals surface area contributed by atoms with Crippen LogP contribution in [0.1, 0.15) is 18.4 Å². The molecule has 1 aliphatic rings. The van der Waals surface area contributed by atoms with Crippen molar-refractivity contribution in [3.05, 3.63) is 35.9 Å². The van der Waals surface area contributed by atoms with Gasteiger partial charge < -0.3 is 20.4 Å². The lowest BCUT2D eigenvalue weighted by atomic mass is 10.1. The number of likely N-dealkylation sites (N-methyl/N-ethyl adjacent to an activating group) is 1. The molecule has 1 aliphatic heterocycles. The van der Waals surface area contributed by atoms with Crippen LogP contribution in [-0.2, 0) is 16.1 Å². The van der Waals surface area contributed by atoms with E-state index >= 15 is 0 Å². The third kappa shape index (κ3) is 8.05. The average molecular weight is 419 g/mol. The molecule has 6 nitrogen and oxygen atoms in total. The second-order valence-corrected chi connectivity index (χ2v) is 6.93. The first-order valence-corrected chi connectivity index (χ1v) is 8.96. The van der Waals surface area contributed by atoms with Crippen LogP contribution in [0.3, 0.4) is 0 Å². The molecule has 1 saturated heterocycles. The highest BCUT2D eigenvalue weighted by Gasteiger charge is 2.36. The number of likely N-dealkylation sites (tertiary alicyclic amines) is 1. The van der Waals surface area contributed by atoms with Gasteiger partial charge in [-0.25, -0.2) is 0 Å². The molecule has 0 radical (unpaired) electrons. The predicted octanol–water partition coefficient (Wildman–Crippen LogP) is 1.62. The molecule has 0 spiro atoms. The number of carbonyl (C=O) groups excluding carboxylic acids is 2. The first-order valence-electron chi connectivity index (χ1n) is 8.96. The Bertz CT molecular complexity index is 572. The molecule has 1 unspecified atom stereocenters. The zero-order valence-corrected chi connectivity index (χ0v) is 17.8. The van der Waals surface area contributed by atoms with Crippen molar-refractivity contribution in [3.8, 4) is 0 Å². The normalized spacial score (nSPS) is 16.1. The highest BCUT2D eigenvalue weighted by molar-refractivity contribution is 5.89. The number of amides is 2. The Kier molecular flexibility index (Phi) is 12.3. The summed E-state index contributed by atoms with van der Waals surface area (Å²) in [5.41, 5.74) is 6.73. The molecule has 1 aromatic carbocycles. The Morgan fingerprint density at radius 1 is 1.19 bits per heavy atom. The topological polar surface area (TPSA) is 69.9 Å². The summed E-state index contributed by atoms with van der Waals surface area (Å²) in [6.45, 7) is 3.77. The van der Waals surface area contributed by atoms with Crippen molar-refractivity contribution in [2.45, 2.75) is 19.4 Å². The number of carbonyl (C=O) groups is 2. The molecule has 0 aliphatic carbocycles. The molecule has 0 saturated carbocycles. The van der Waals surface area contributed by atoms with Gasteiger partial charge in [-0.05, 0) is 32.6 Å². The van der Waals surface area contributed by atoms with E-state index in [4.69, 9.17) is 5.73 Å². The third-order valence-electron chi connectivity index (χ3n) is 4.54. The first-order chi connectivity index (χ1) is 12.0. The van der Waals surface area contributed by atoms with Crippen molar-refractivity contribution >= 4 is 36.6 Å². The van der Waals surface area contributed by atoms with Crippen molar-refractivity contribution in [3.63, 3.8) is 0 Å². The summed E-state index contributed by atoms with van der Waals surface area (Å²) in [6.07, 6.45) is 1.09. The second kappa shape index (κ2) is 12.9. The number of rotatable bonds is 9. The van der Waals surface area contributed by atoms with Crippen LogP contribution in [0.5, 0.6) is 0 Å². The van der Waals surface area contributed by atoms with Gasteiger partial charge in [-0.1, -0.05) is 30.3 Å². The van der Waals surface area contributed by atoms with Gasteiger partial charge in [-0.15, -0.1) is 24.8 Å². The summed E-state index contributed by atoms with van der Waals surface area (Å²) in [5.74, 6) is -0.0900. The van der Waals surface area contributed by atoms with Crippen LogP contribution in [0.25, 0.3) is 0 Å². The maximum absolute atomic E-state index is 13.0. The number of halogens is 2. The molecule has 1 aromatic rings. The van der Waals surface area contributed by atoms with Gasteiger partial charge in [0.15, 0.2) is 0 Å². The van der Waals surface area contributed by atoms with E-state index in [2.05, 4.69) is 0 Å². The van der Waals surface area contributed by atoms with E-state index in [-0.39, 0.29) is 42.5 Å². The van der Waals surface area contributed by atoms with Crippen molar-refractivity contribution in [2.75, 3.05) is 46.8 Å². The number of nitrogens with zero attached hydrogens (tertiary/aromatic N) is 3. The van der Waals surface area contributed by atoms with Crippen molar-refractivity contribution in [2.24, 2.45) is 11.7 Å². The van der Waals surface area contributed by atoms with Gasteiger partial charge in [0.25, 0.3) is 0 Å². The summed E-state index contributed by atoms with van der Waals surface area (Å²) in [4.78, 5) is 30.9. The molecule has 2 N–H and O–H groups in total. The zero-order valence-electron chi connectivity index (χ0n) is 16.2. The maximum atomic E-state index is 13.0. The Hall–Kier alpha value is -1.34. The molecule has 1 fully saturated rings. The smallest absolute Gasteiger partial charge is 0.228 e. The van der Waals surface area contributed by atoms with E-state index in [1.54, 1.807) is 0 Å². The summed E-state index contributed by atoms with van der Waals surface area (Å²) < 4.78 is 0.